The first-order chi connectivity index (χ1) is 10.6. The molecular formula is C15H10Cl2N4S. The molecule has 110 valence electrons. The number of halogens is 2. The monoisotopic (exact) mass is 348 g/mol. The SMILES string of the molecule is S=c1[nH]nc(-c2cccc(Cl)c2)n1/N=C/c1ccc(Cl)cc1. The molecule has 22 heavy (non-hydrogen) atoms. The second kappa shape index (κ2) is 6.44. The zero-order chi connectivity index (χ0) is 15.5. The van der Waals surface area contributed by atoms with Crippen molar-refractivity contribution in [3.63, 3.8) is 0 Å². The molecule has 0 fully saturated rings. The molecule has 1 heterocycles. The van der Waals surface area contributed by atoms with Crippen molar-refractivity contribution < 1.29 is 0 Å². The Labute approximate surface area is 142 Å². The van der Waals surface area contributed by atoms with E-state index in [0.717, 1.165) is 11.1 Å². The van der Waals surface area contributed by atoms with Gasteiger partial charge in [0.2, 0.25) is 4.77 Å². The van der Waals surface area contributed by atoms with Crippen LogP contribution in [0.4, 0.5) is 0 Å². The Hall–Kier alpha value is -1.95. The smallest absolute Gasteiger partial charge is 0.216 e. The summed E-state index contributed by atoms with van der Waals surface area (Å²) in [7, 11) is 0. The molecule has 1 aromatic heterocycles. The Morgan fingerprint density at radius 1 is 1.09 bits per heavy atom. The maximum absolute atomic E-state index is 6.02. The van der Waals surface area contributed by atoms with E-state index in [1.165, 1.54) is 0 Å². The minimum atomic E-state index is 0.403. The van der Waals surface area contributed by atoms with Gasteiger partial charge in [0, 0.05) is 15.6 Å². The molecule has 0 unspecified atom stereocenters. The highest BCUT2D eigenvalue weighted by atomic mass is 35.5. The summed E-state index contributed by atoms with van der Waals surface area (Å²) >= 11 is 17.1. The van der Waals surface area contributed by atoms with Crippen molar-refractivity contribution in [2.24, 2.45) is 5.10 Å². The van der Waals surface area contributed by atoms with Crippen molar-refractivity contribution >= 4 is 41.6 Å². The van der Waals surface area contributed by atoms with E-state index in [2.05, 4.69) is 15.3 Å². The first kappa shape index (κ1) is 15.0. The van der Waals surface area contributed by atoms with Crippen LogP contribution in [0.1, 0.15) is 5.56 Å². The predicted octanol–water partition coefficient (Wildman–Crippen LogP) is 4.80. The Balaban J connectivity index is 1.99. The fraction of sp³-hybridized carbons (Fsp3) is 0. The number of nitrogens with zero attached hydrogens (tertiary/aromatic N) is 3. The van der Waals surface area contributed by atoms with Gasteiger partial charge in [0.05, 0.1) is 6.21 Å². The van der Waals surface area contributed by atoms with Crippen LogP contribution in [0.25, 0.3) is 11.4 Å². The standard InChI is InChI=1S/C15H10Cl2N4S/c16-12-6-4-10(5-7-12)9-18-21-14(19-20-15(21)22)11-2-1-3-13(17)8-11/h1-9H,(H,20,22)/b18-9+. The van der Waals surface area contributed by atoms with Crippen molar-refractivity contribution in [3.05, 3.63) is 68.9 Å². The van der Waals surface area contributed by atoms with E-state index < -0.39 is 0 Å². The molecule has 2 aromatic carbocycles. The third-order valence-electron chi connectivity index (χ3n) is 2.93. The number of H-pyrrole nitrogens is 1. The maximum Gasteiger partial charge on any atom is 0.216 e. The van der Waals surface area contributed by atoms with E-state index in [1.807, 2.05) is 24.3 Å². The van der Waals surface area contributed by atoms with E-state index in [4.69, 9.17) is 35.4 Å². The van der Waals surface area contributed by atoms with Crippen LogP contribution in [0.2, 0.25) is 10.0 Å². The quantitative estimate of drug-likeness (QED) is 0.545. The topological polar surface area (TPSA) is 46.0 Å². The van der Waals surface area contributed by atoms with Crippen LogP contribution < -0.4 is 0 Å². The second-order valence-corrected chi connectivity index (χ2v) is 5.73. The summed E-state index contributed by atoms with van der Waals surface area (Å²) in [5.74, 6) is 0.595. The summed E-state index contributed by atoms with van der Waals surface area (Å²) in [6, 6.07) is 14.7. The van der Waals surface area contributed by atoms with Crippen LogP contribution in [0.15, 0.2) is 53.6 Å². The lowest BCUT2D eigenvalue weighted by molar-refractivity contribution is 0.871. The number of nitrogens with one attached hydrogen (secondary N) is 1. The Morgan fingerprint density at radius 2 is 1.86 bits per heavy atom. The van der Waals surface area contributed by atoms with Crippen LogP contribution in [0.5, 0.6) is 0 Å². The highest BCUT2D eigenvalue weighted by Gasteiger charge is 2.08. The molecule has 3 aromatic rings. The van der Waals surface area contributed by atoms with Crippen molar-refractivity contribution in [1.29, 1.82) is 0 Å². The zero-order valence-corrected chi connectivity index (χ0v) is 13.5. The molecule has 0 atom stereocenters. The molecule has 0 aliphatic rings. The summed E-state index contributed by atoms with van der Waals surface area (Å²) in [5, 5.41) is 12.6. The lowest BCUT2D eigenvalue weighted by Gasteiger charge is -2.01. The summed E-state index contributed by atoms with van der Waals surface area (Å²) < 4.78 is 1.95. The third-order valence-corrected chi connectivity index (χ3v) is 3.68. The van der Waals surface area contributed by atoms with E-state index in [0.29, 0.717) is 20.6 Å². The molecule has 3 rings (SSSR count). The normalized spacial score (nSPS) is 11.2. The molecule has 0 spiro atoms. The second-order valence-electron chi connectivity index (χ2n) is 4.47. The highest BCUT2D eigenvalue weighted by molar-refractivity contribution is 7.71. The summed E-state index contributed by atoms with van der Waals surface area (Å²) in [6.45, 7) is 0. The van der Waals surface area contributed by atoms with Crippen molar-refractivity contribution in [3.8, 4) is 11.4 Å². The third kappa shape index (κ3) is 3.27. The number of rotatable bonds is 3. The molecule has 0 saturated carbocycles. The minimum absolute atomic E-state index is 0.403. The first-order valence-corrected chi connectivity index (χ1v) is 7.53. The molecule has 0 radical (unpaired) electrons. The van der Waals surface area contributed by atoms with Gasteiger partial charge in [-0.05, 0) is 42.0 Å². The molecule has 4 nitrogen and oxygen atoms in total. The lowest BCUT2D eigenvalue weighted by atomic mass is 10.2. The molecule has 0 bridgehead atoms. The fourth-order valence-electron chi connectivity index (χ4n) is 1.89. The predicted molar refractivity (Wildman–Crippen MR) is 92.3 cm³/mol. The summed E-state index contributed by atoms with van der Waals surface area (Å²) in [6.07, 6.45) is 1.69. The van der Waals surface area contributed by atoms with Gasteiger partial charge in [0.1, 0.15) is 0 Å². The zero-order valence-electron chi connectivity index (χ0n) is 11.2. The number of aromatic nitrogens is 3. The summed E-state index contributed by atoms with van der Waals surface area (Å²) in [5.41, 5.74) is 1.73. The van der Waals surface area contributed by atoms with E-state index >= 15 is 0 Å². The lowest BCUT2D eigenvalue weighted by Crippen LogP contribution is -1.95. The number of benzene rings is 2. The van der Waals surface area contributed by atoms with E-state index in [-0.39, 0.29) is 0 Å². The van der Waals surface area contributed by atoms with Crippen molar-refractivity contribution in [2.75, 3.05) is 0 Å². The van der Waals surface area contributed by atoms with Gasteiger partial charge in [-0.1, -0.05) is 47.5 Å². The van der Waals surface area contributed by atoms with Crippen molar-refractivity contribution in [2.45, 2.75) is 0 Å². The Bertz CT molecular complexity index is 881. The van der Waals surface area contributed by atoms with Crippen LogP contribution in [-0.2, 0) is 0 Å². The molecular weight excluding hydrogens is 339 g/mol. The summed E-state index contributed by atoms with van der Waals surface area (Å²) in [4.78, 5) is 0. The van der Waals surface area contributed by atoms with E-state index in [1.54, 1.807) is 35.2 Å². The number of aromatic amines is 1. The molecule has 0 aliphatic carbocycles. The fourth-order valence-corrected chi connectivity index (χ4v) is 2.38. The maximum atomic E-state index is 6.02. The average Bonchev–Trinajstić information content (AvgIpc) is 2.88. The van der Waals surface area contributed by atoms with Gasteiger partial charge in [0.15, 0.2) is 5.82 Å². The van der Waals surface area contributed by atoms with Crippen LogP contribution in [-0.4, -0.2) is 21.1 Å². The van der Waals surface area contributed by atoms with Crippen LogP contribution in [0, 0.1) is 4.77 Å². The van der Waals surface area contributed by atoms with Crippen LogP contribution >= 0.6 is 35.4 Å². The Morgan fingerprint density at radius 3 is 2.59 bits per heavy atom. The minimum Gasteiger partial charge on any atom is -0.250 e. The van der Waals surface area contributed by atoms with Gasteiger partial charge in [-0.2, -0.15) is 14.9 Å². The van der Waals surface area contributed by atoms with Crippen LogP contribution in [0.3, 0.4) is 0 Å². The highest BCUT2D eigenvalue weighted by Crippen LogP contribution is 2.21. The molecule has 0 aliphatic heterocycles. The van der Waals surface area contributed by atoms with E-state index in [9.17, 15) is 0 Å². The van der Waals surface area contributed by atoms with Gasteiger partial charge in [0.25, 0.3) is 0 Å². The van der Waals surface area contributed by atoms with Gasteiger partial charge < -0.3 is 0 Å². The number of hydrogen-bond acceptors (Lipinski definition) is 3. The first-order valence-electron chi connectivity index (χ1n) is 6.37. The molecule has 1 N–H and O–H groups in total. The molecule has 0 amide bonds. The van der Waals surface area contributed by atoms with Gasteiger partial charge >= 0.3 is 0 Å². The average molecular weight is 349 g/mol. The van der Waals surface area contributed by atoms with Crippen molar-refractivity contribution in [1.82, 2.24) is 14.9 Å². The number of hydrogen-bond donors (Lipinski definition) is 1. The molecule has 7 heteroatoms. The van der Waals surface area contributed by atoms with Gasteiger partial charge in [-0.3, -0.25) is 0 Å². The Kier molecular flexibility index (Phi) is 4.38. The van der Waals surface area contributed by atoms with Gasteiger partial charge in [-0.25, -0.2) is 5.10 Å². The van der Waals surface area contributed by atoms with Gasteiger partial charge in [-0.15, -0.1) is 0 Å². The largest absolute Gasteiger partial charge is 0.250 e. The molecule has 0 saturated heterocycles.